The lowest BCUT2D eigenvalue weighted by atomic mass is 10.1. The fraction of sp³-hybridized carbons (Fsp3) is 0.400. The number of halogens is 1. The first kappa shape index (κ1) is 8.09. The Morgan fingerprint density at radius 1 is 1.25 bits per heavy atom. The zero-order valence-electron chi connectivity index (χ0n) is 6.70. The van der Waals surface area contributed by atoms with Gasteiger partial charge in [0, 0.05) is 5.92 Å². The highest BCUT2D eigenvalue weighted by molar-refractivity contribution is 6.23. The van der Waals surface area contributed by atoms with Gasteiger partial charge in [-0.25, -0.2) is 0 Å². The van der Waals surface area contributed by atoms with E-state index in [1.807, 2.05) is 30.3 Å². The topological polar surface area (TPSA) is 20.2 Å². The van der Waals surface area contributed by atoms with Crippen LogP contribution in [-0.2, 0) is 5.06 Å². The van der Waals surface area contributed by atoms with E-state index < -0.39 is 5.06 Å². The van der Waals surface area contributed by atoms with Crippen LogP contribution in [0.15, 0.2) is 30.3 Å². The van der Waals surface area contributed by atoms with Crippen LogP contribution >= 0.6 is 11.6 Å². The first-order valence-corrected chi connectivity index (χ1v) is 4.56. The van der Waals surface area contributed by atoms with E-state index in [4.69, 9.17) is 11.6 Å². The zero-order chi connectivity index (χ0) is 8.60. The van der Waals surface area contributed by atoms with Crippen molar-refractivity contribution in [3.05, 3.63) is 35.9 Å². The summed E-state index contributed by atoms with van der Waals surface area (Å²) in [6, 6.07) is 9.44. The fourth-order valence-corrected chi connectivity index (χ4v) is 1.72. The lowest BCUT2D eigenvalue weighted by Crippen LogP contribution is -2.19. The van der Waals surface area contributed by atoms with Crippen LogP contribution in [0.4, 0.5) is 0 Å². The van der Waals surface area contributed by atoms with Gasteiger partial charge < -0.3 is 5.11 Å². The monoisotopic (exact) mass is 182 g/mol. The molecule has 1 aliphatic rings. The third kappa shape index (κ3) is 1.35. The number of rotatable bonds is 2. The smallest absolute Gasteiger partial charge is 0.167 e. The SMILES string of the molecule is OC(Cl)(c1ccccc1)C1CC1. The first-order valence-electron chi connectivity index (χ1n) is 4.18. The van der Waals surface area contributed by atoms with E-state index in [1.165, 1.54) is 0 Å². The van der Waals surface area contributed by atoms with Crippen LogP contribution in [-0.4, -0.2) is 5.11 Å². The Hall–Kier alpha value is -0.530. The van der Waals surface area contributed by atoms with Crippen molar-refractivity contribution < 1.29 is 5.11 Å². The quantitative estimate of drug-likeness (QED) is 0.697. The predicted octanol–water partition coefficient (Wildman–Crippen LogP) is 2.48. The molecular weight excluding hydrogens is 172 g/mol. The molecule has 1 aromatic carbocycles. The van der Waals surface area contributed by atoms with Gasteiger partial charge in [0.1, 0.15) is 0 Å². The van der Waals surface area contributed by atoms with Gasteiger partial charge in [0.25, 0.3) is 0 Å². The molecule has 0 radical (unpaired) electrons. The van der Waals surface area contributed by atoms with Crippen LogP contribution in [0.1, 0.15) is 18.4 Å². The van der Waals surface area contributed by atoms with Crippen molar-refractivity contribution in [1.82, 2.24) is 0 Å². The summed E-state index contributed by atoms with van der Waals surface area (Å²) in [5, 5.41) is 8.77. The standard InChI is InChI=1S/C10H11ClO/c11-10(12,9-6-7-9)8-4-2-1-3-5-8/h1-5,9,12H,6-7H2. The van der Waals surface area contributed by atoms with Crippen molar-refractivity contribution in [3.63, 3.8) is 0 Å². The third-order valence-electron chi connectivity index (χ3n) is 2.30. The molecule has 64 valence electrons. The molecule has 12 heavy (non-hydrogen) atoms. The van der Waals surface area contributed by atoms with E-state index >= 15 is 0 Å². The van der Waals surface area contributed by atoms with Crippen molar-refractivity contribution in [3.8, 4) is 0 Å². The fourth-order valence-electron chi connectivity index (χ4n) is 1.37. The van der Waals surface area contributed by atoms with E-state index in [9.17, 15) is 5.11 Å². The molecule has 0 aromatic heterocycles. The highest BCUT2D eigenvalue weighted by Crippen LogP contribution is 2.48. The van der Waals surface area contributed by atoms with Gasteiger partial charge >= 0.3 is 0 Å². The lowest BCUT2D eigenvalue weighted by molar-refractivity contribution is 0.104. The summed E-state index contributed by atoms with van der Waals surface area (Å²) >= 11 is 6.01. The Balaban J connectivity index is 2.28. The molecule has 1 nitrogen and oxygen atoms in total. The minimum atomic E-state index is -1.12. The summed E-state index contributed by atoms with van der Waals surface area (Å²) < 4.78 is 0. The van der Waals surface area contributed by atoms with Gasteiger partial charge in [-0.2, -0.15) is 0 Å². The molecule has 1 unspecified atom stereocenters. The van der Waals surface area contributed by atoms with E-state index in [2.05, 4.69) is 0 Å². The van der Waals surface area contributed by atoms with E-state index in [-0.39, 0.29) is 5.92 Å². The molecule has 1 fully saturated rings. The normalized spacial score (nSPS) is 21.8. The van der Waals surface area contributed by atoms with E-state index in [1.54, 1.807) is 0 Å². The van der Waals surface area contributed by atoms with Gasteiger partial charge in [0.05, 0.1) is 0 Å². The van der Waals surface area contributed by atoms with Gasteiger partial charge in [-0.1, -0.05) is 41.9 Å². The Kier molecular flexibility index (Phi) is 1.85. The third-order valence-corrected chi connectivity index (χ3v) is 2.82. The molecule has 0 bridgehead atoms. The van der Waals surface area contributed by atoms with E-state index in [0.29, 0.717) is 0 Å². The van der Waals surface area contributed by atoms with Crippen molar-refractivity contribution in [2.24, 2.45) is 5.92 Å². The molecule has 2 rings (SSSR count). The van der Waals surface area contributed by atoms with Crippen molar-refractivity contribution in [1.29, 1.82) is 0 Å². The molecule has 1 N–H and O–H groups in total. The summed E-state index contributed by atoms with van der Waals surface area (Å²) in [5.41, 5.74) is 0.814. The van der Waals surface area contributed by atoms with E-state index in [0.717, 1.165) is 18.4 Å². The molecule has 0 heterocycles. The summed E-state index contributed by atoms with van der Waals surface area (Å²) in [7, 11) is 0. The highest BCUT2D eigenvalue weighted by atomic mass is 35.5. The van der Waals surface area contributed by atoms with Crippen LogP contribution in [0.3, 0.4) is 0 Å². The molecule has 2 heteroatoms. The minimum absolute atomic E-state index is 0.251. The molecule has 0 saturated heterocycles. The second kappa shape index (κ2) is 2.75. The molecule has 1 saturated carbocycles. The van der Waals surface area contributed by atoms with Gasteiger partial charge in [0.15, 0.2) is 5.06 Å². The summed E-state index contributed by atoms with van der Waals surface area (Å²) in [6.45, 7) is 0. The first-order chi connectivity index (χ1) is 5.71. The largest absolute Gasteiger partial charge is 0.371 e. The van der Waals surface area contributed by atoms with Gasteiger partial charge in [0.2, 0.25) is 0 Å². The Bertz CT molecular complexity index is 264. The molecule has 0 spiro atoms. The second-order valence-electron chi connectivity index (χ2n) is 3.31. The highest BCUT2D eigenvalue weighted by Gasteiger charge is 2.43. The minimum Gasteiger partial charge on any atom is -0.371 e. The van der Waals surface area contributed by atoms with Crippen molar-refractivity contribution in [2.75, 3.05) is 0 Å². The van der Waals surface area contributed by atoms with Crippen LogP contribution < -0.4 is 0 Å². The number of benzene rings is 1. The molecular formula is C10H11ClO. The number of hydrogen-bond donors (Lipinski definition) is 1. The number of alkyl halides is 1. The molecule has 0 amide bonds. The van der Waals surface area contributed by atoms with Gasteiger partial charge in [-0.15, -0.1) is 0 Å². The Morgan fingerprint density at radius 3 is 2.33 bits per heavy atom. The van der Waals surface area contributed by atoms with Crippen LogP contribution in [0, 0.1) is 5.92 Å². The van der Waals surface area contributed by atoms with Crippen LogP contribution in [0.5, 0.6) is 0 Å². The maximum atomic E-state index is 9.89. The maximum absolute atomic E-state index is 9.89. The maximum Gasteiger partial charge on any atom is 0.167 e. The summed E-state index contributed by atoms with van der Waals surface area (Å²) in [4.78, 5) is 0. The second-order valence-corrected chi connectivity index (χ2v) is 3.89. The molecule has 1 aromatic rings. The number of hydrogen-bond acceptors (Lipinski definition) is 1. The predicted molar refractivity (Wildman–Crippen MR) is 48.9 cm³/mol. The summed E-state index contributed by atoms with van der Waals surface area (Å²) in [5.74, 6) is 0.251. The lowest BCUT2D eigenvalue weighted by Gasteiger charge is -2.20. The van der Waals surface area contributed by atoms with Crippen LogP contribution in [0.2, 0.25) is 0 Å². The Morgan fingerprint density at radius 2 is 1.83 bits per heavy atom. The average Bonchev–Trinajstić information content (AvgIpc) is 2.88. The van der Waals surface area contributed by atoms with Gasteiger partial charge in [-0.3, -0.25) is 0 Å². The molecule has 0 aliphatic heterocycles. The van der Waals surface area contributed by atoms with Crippen molar-refractivity contribution in [2.45, 2.75) is 17.9 Å². The van der Waals surface area contributed by atoms with Crippen molar-refractivity contribution >= 4 is 11.6 Å². The van der Waals surface area contributed by atoms with Crippen LogP contribution in [0.25, 0.3) is 0 Å². The van der Waals surface area contributed by atoms with Gasteiger partial charge in [-0.05, 0) is 18.4 Å². The Labute approximate surface area is 77.0 Å². The summed E-state index contributed by atoms with van der Waals surface area (Å²) in [6.07, 6.45) is 2.07. The zero-order valence-corrected chi connectivity index (χ0v) is 7.46. The number of aliphatic hydroxyl groups is 1. The molecule has 1 atom stereocenters. The molecule has 1 aliphatic carbocycles. The average molecular weight is 183 g/mol.